The first-order valence-electron chi connectivity index (χ1n) is 7.54. The third kappa shape index (κ3) is 5.05. The molecule has 4 nitrogen and oxygen atoms in total. The molecule has 0 amide bonds. The van der Waals surface area contributed by atoms with E-state index in [1.54, 1.807) is 6.92 Å². The van der Waals surface area contributed by atoms with E-state index < -0.39 is 11.5 Å². The molecule has 118 valence electrons. The summed E-state index contributed by atoms with van der Waals surface area (Å²) in [5.41, 5.74) is 0.146. The predicted molar refractivity (Wildman–Crippen MR) is 84.8 cm³/mol. The van der Waals surface area contributed by atoms with Gasteiger partial charge in [-0.3, -0.25) is 10.1 Å². The summed E-state index contributed by atoms with van der Waals surface area (Å²) in [7, 11) is 0. The van der Waals surface area contributed by atoms with E-state index in [1.807, 2.05) is 45.0 Å². The second-order valence-corrected chi connectivity index (χ2v) is 6.03. The van der Waals surface area contributed by atoms with Crippen LogP contribution < -0.4 is 10.1 Å². The molecule has 4 heteroatoms. The van der Waals surface area contributed by atoms with Crippen molar-refractivity contribution in [2.24, 2.45) is 0 Å². The lowest BCUT2D eigenvalue weighted by molar-refractivity contribution is -0.145. The number of carbonyl (C=O) groups is 1. The normalized spacial score (nSPS) is 15.5. The van der Waals surface area contributed by atoms with E-state index in [4.69, 9.17) is 4.74 Å². The van der Waals surface area contributed by atoms with Crippen molar-refractivity contribution in [3.63, 3.8) is 0 Å². The fourth-order valence-electron chi connectivity index (χ4n) is 2.59. The van der Waals surface area contributed by atoms with Crippen molar-refractivity contribution < 1.29 is 14.6 Å². The first-order chi connectivity index (χ1) is 9.78. The van der Waals surface area contributed by atoms with Gasteiger partial charge in [-0.25, -0.2) is 0 Å². The lowest BCUT2D eigenvalue weighted by Gasteiger charge is -2.31. The monoisotopic (exact) mass is 293 g/mol. The van der Waals surface area contributed by atoms with Crippen LogP contribution in [0.1, 0.15) is 46.6 Å². The van der Waals surface area contributed by atoms with Crippen LogP contribution in [0.4, 0.5) is 0 Å². The van der Waals surface area contributed by atoms with Gasteiger partial charge in [0.15, 0.2) is 0 Å². The van der Waals surface area contributed by atoms with Crippen molar-refractivity contribution in [2.45, 2.75) is 65.1 Å². The SMILES string of the molecule is CCc1ccccc1OC(C)CC(C)(NC(C)C)C(=O)O. The van der Waals surface area contributed by atoms with Crippen molar-refractivity contribution in [3.05, 3.63) is 29.8 Å². The summed E-state index contributed by atoms with van der Waals surface area (Å²) >= 11 is 0. The maximum Gasteiger partial charge on any atom is 0.323 e. The average molecular weight is 293 g/mol. The average Bonchev–Trinajstić information content (AvgIpc) is 2.37. The summed E-state index contributed by atoms with van der Waals surface area (Å²) in [6.45, 7) is 9.59. The van der Waals surface area contributed by atoms with E-state index in [-0.39, 0.29) is 12.1 Å². The Balaban J connectivity index is 2.79. The standard InChI is InChI=1S/C17H27NO3/c1-6-14-9-7-8-10-15(14)21-13(4)11-17(5,16(19)20)18-12(2)3/h7-10,12-13,18H,6,11H2,1-5H3,(H,19,20). The zero-order chi connectivity index (χ0) is 16.0. The van der Waals surface area contributed by atoms with Gasteiger partial charge in [-0.15, -0.1) is 0 Å². The number of carboxylic acid groups (broad SMARTS) is 1. The molecule has 1 aromatic rings. The molecule has 0 saturated carbocycles. The van der Waals surface area contributed by atoms with Gasteiger partial charge in [0, 0.05) is 12.5 Å². The molecule has 2 N–H and O–H groups in total. The van der Waals surface area contributed by atoms with Crippen LogP contribution in [0.5, 0.6) is 5.75 Å². The van der Waals surface area contributed by atoms with Crippen molar-refractivity contribution >= 4 is 5.97 Å². The third-order valence-electron chi connectivity index (χ3n) is 3.46. The molecule has 2 unspecified atom stereocenters. The summed E-state index contributed by atoms with van der Waals surface area (Å²) in [5.74, 6) is -0.0137. The quantitative estimate of drug-likeness (QED) is 0.772. The third-order valence-corrected chi connectivity index (χ3v) is 3.46. The van der Waals surface area contributed by atoms with Gasteiger partial charge in [-0.2, -0.15) is 0 Å². The molecule has 0 aliphatic rings. The Morgan fingerprint density at radius 1 is 1.33 bits per heavy atom. The maximum atomic E-state index is 11.5. The van der Waals surface area contributed by atoms with Gasteiger partial charge < -0.3 is 9.84 Å². The van der Waals surface area contributed by atoms with E-state index in [0.717, 1.165) is 17.7 Å². The van der Waals surface area contributed by atoms with Crippen molar-refractivity contribution in [3.8, 4) is 5.75 Å². The molecule has 21 heavy (non-hydrogen) atoms. The minimum Gasteiger partial charge on any atom is -0.490 e. The number of aryl methyl sites for hydroxylation is 1. The van der Waals surface area contributed by atoms with Gasteiger partial charge in [0.1, 0.15) is 11.3 Å². The molecule has 0 bridgehead atoms. The number of para-hydroxylation sites is 1. The number of hydrogen-bond donors (Lipinski definition) is 2. The smallest absolute Gasteiger partial charge is 0.323 e. The highest BCUT2D eigenvalue weighted by molar-refractivity contribution is 5.78. The van der Waals surface area contributed by atoms with Crippen LogP contribution in [0.15, 0.2) is 24.3 Å². The van der Waals surface area contributed by atoms with Gasteiger partial charge in [0.25, 0.3) is 0 Å². The van der Waals surface area contributed by atoms with E-state index in [9.17, 15) is 9.90 Å². The van der Waals surface area contributed by atoms with Crippen LogP contribution in [0.3, 0.4) is 0 Å². The second kappa shape index (κ2) is 7.46. The molecule has 0 radical (unpaired) electrons. The minimum absolute atomic E-state index is 0.0984. The van der Waals surface area contributed by atoms with Crippen molar-refractivity contribution in [2.75, 3.05) is 0 Å². The highest BCUT2D eigenvalue weighted by Gasteiger charge is 2.35. The summed E-state index contributed by atoms with van der Waals surface area (Å²) in [4.78, 5) is 11.5. The first kappa shape index (κ1) is 17.5. The van der Waals surface area contributed by atoms with Crippen molar-refractivity contribution in [1.29, 1.82) is 0 Å². The molecular formula is C17H27NO3. The van der Waals surface area contributed by atoms with Crippen LogP contribution >= 0.6 is 0 Å². The summed E-state index contributed by atoms with van der Waals surface area (Å²) < 4.78 is 5.96. The van der Waals surface area contributed by atoms with Gasteiger partial charge in [-0.1, -0.05) is 25.1 Å². The molecule has 0 saturated heterocycles. The minimum atomic E-state index is -0.991. The Morgan fingerprint density at radius 2 is 1.95 bits per heavy atom. The Morgan fingerprint density at radius 3 is 2.48 bits per heavy atom. The summed E-state index contributed by atoms with van der Waals surface area (Å²) in [6.07, 6.45) is 1.10. The molecule has 1 aromatic carbocycles. The zero-order valence-corrected chi connectivity index (χ0v) is 13.6. The van der Waals surface area contributed by atoms with Crippen LogP contribution in [0.2, 0.25) is 0 Å². The van der Waals surface area contributed by atoms with Crippen LogP contribution in [-0.2, 0) is 11.2 Å². The molecule has 1 rings (SSSR count). The number of nitrogens with one attached hydrogen (secondary N) is 1. The topological polar surface area (TPSA) is 58.6 Å². The number of rotatable bonds is 8. The molecule has 0 aromatic heterocycles. The Bertz CT molecular complexity index is 473. The number of benzene rings is 1. The summed E-state index contributed by atoms with van der Waals surface area (Å²) in [6, 6.07) is 7.98. The van der Waals surface area contributed by atoms with Crippen LogP contribution in [0.25, 0.3) is 0 Å². The Labute approximate surface area is 127 Å². The molecular weight excluding hydrogens is 266 g/mol. The number of ether oxygens (including phenoxy) is 1. The highest BCUT2D eigenvalue weighted by Crippen LogP contribution is 2.23. The van der Waals surface area contributed by atoms with E-state index >= 15 is 0 Å². The van der Waals surface area contributed by atoms with Crippen LogP contribution in [-0.4, -0.2) is 28.8 Å². The van der Waals surface area contributed by atoms with E-state index in [0.29, 0.717) is 6.42 Å². The van der Waals surface area contributed by atoms with E-state index in [2.05, 4.69) is 12.2 Å². The lowest BCUT2D eigenvalue weighted by atomic mass is 9.94. The van der Waals surface area contributed by atoms with Gasteiger partial charge in [0.2, 0.25) is 0 Å². The Hall–Kier alpha value is -1.55. The Kier molecular flexibility index (Phi) is 6.21. The fraction of sp³-hybridized carbons (Fsp3) is 0.588. The highest BCUT2D eigenvalue weighted by atomic mass is 16.5. The van der Waals surface area contributed by atoms with Gasteiger partial charge >= 0.3 is 5.97 Å². The summed E-state index contributed by atoms with van der Waals surface area (Å²) in [5, 5.41) is 12.6. The van der Waals surface area contributed by atoms with Gasteiger partial charge in [-0.05, 0) is 45.7 Å². The van der Waals surface area contributed by atoms with E-state index in [1.165, 1.54) is 0 Å². The number of aliphatic carboxylic acids is 1. The van der Waals surface area contributed by atoms with Crippen molar-refractivity contribution in [1.82, 2.24) is 5.32 Å². The van der Waals surface area contributed by atoms with Crippen LogP contribution in [0, 0.1) is 0 Å². The molecule has 0 aliphatic carbocycles. The zero-order valence-electron chi connectivity index (χ0n) is 13.6. The largest absolute Gasteiger partial charge is 0.490 e. The number of carboxylic acids is 1. The second-order valence-electron chi connectivity index (χ2n) is 6.03. The molecule has 0 heterocycles. The molecule has 2 atom stereocenters. The lowest BCUT2D eigenvalue weighted by Crippen LogP contribution is -2.54. The fourth-order valence-corrected chi connectivity index (χ4v) is 2.59. The molecule has 0 fully saturated rings. The number of hydrogen-bond acceptors (Lipinski definition) is 3. The molecule has 0 spiro atoms. The predicted octanol–water partition coefficient (Wildman–Crippen LogP) is 3.25. The van der Waals surface area contributed by atoms with Gasteiger partial charge in [0.05, 0.1) is 6.10 Å². The first-order valence-corrected chi connectivity index (χ1v) is 7.54. The molecule has 0 aliphatic heterocycles. The maximum absolute atomic E-state index is 11.5.